The highest BCUT2D eigenvalue weighted by Gasteiger charge is 2.35. The molecule has 0 atom stereocenters. The van der Waals surface area contributed by atoms with Crippen LogP contribution in [0.1, 0.15) is 59.1 Å². The Morgan fingerprint density at radius 2 is 1.54 bits per heavy atom. The van der Waals surface area contributed by atoms with Gasteiger partial charge < -0.3 is 9.47 Å². The van der Waals surface area contributed by atoms with E-state index in [1.54, 1.807) is 14.2 Å². The fourth-order valence-electron chi connectivity index (χ4n) is 2.99. The quantitative estimate of drug-likeness (QED) is 0.659. The van der Waals surface area contributed by atoms with Crippen molar-refractivity contribution in [3.8, 4) is 0 Å². The molecule has 2 heteroatoms. The highest BCUT2D eigenvalue weighted by atomic mass is 16.7. The Kier molecular flexibility index (Phi) is 5.13. The molecule has 1 aliphatic carbocycles. The second-order valence-electron chi connectivity index (χ2n) is 8.75. The van der Waals surface area contributed by atoms with Crippen LogP contribution in [0.3, 0.4) is 0 Å². The summed E-state index contributed by atoms with van der Waals surface area (Å²) >= 11 is 0. The van der Waals surface area contributed by atoms with Crippen molar-refractivity contribution in [3.05, 3.63) is 53.1 Å². The molecule has 0 unspecified atom stereocenters. The highest BCUT2D eigenvalue weighted by molar-refractivity contribution is 5.77. The first-order valence-electron chi connectivity index (χ1n) is 8.66. The standard InChI is InChI=1S/C22H32O2/c1-20(2,3)18-11-9-10-16(12-18)17-13-19(21(4,5)6)15-22(14-17,23-7)24-8/h9-14H,15H2,1-8H3. The van der Waals surface area contributed by atoms with Gasteiger partial charge in [-0.15, -0.1) is 0 Å². The molecule has 24 heavy (non-hydrogen) atoms. The van der Waals surface area contributed by atoms with Crippen LogP contribution in [0.5, 0.6) is 0 Å². The number of ether oxygens (including phenoxy) is 2. The van der Waals surface area contributed by atoms with Crippen LogP contribution < -0.4 is 0 Å². The summed E-state index contributed by atoms with van der Waals surface area (Å²) < 4.78 is 11.5. The maximum Gasteiger partial charge on any atom is 0.191 e. The molecule has 0 radical (unpaired) electrons. The predicted molar refractivity (Wildman–Crippen MR) is 102 cm³/mol. The molecule has 0 fully saturated rings. The topological polar surface area (TPSA) is 18.5 Å². The average molecular weight is 328 g/mol. The average Bonchev–Trinajstić information content (AvgIpc) is 2.53. The van der Waals surface area contributed by atoms with Gasteiger partial charge in [-0.3, -0.25) is 0 Å². The van der Waals surface area contributed by atoms with E-state index in [9.17, 15) is 0 Å². The van der Waals surface area contributed by atoms with Crippen molar-refractivity contribution in [2.45, 2.75) is 59.2 Å². The van der Waals surface area contributed by atoms with Gasteiger partial charge in [-0.2, -0.15) is 0 Å². The van der Waals surface area contributed by atoms with Crippen LogP contribution in [0.15, 0.2) is 42.0 Å². The van der Waals surface area contributed by atoms with E-state index >= 15 is 0 Å². The van der Waals surface area contributed by atoms with Crippen molar-refractivity contribution in [1.29, 1.82) is 0 Å². The monoisotopic (exact) mass is 328 g/mol. The van der Waals surface area contributed by atoms with Gasteiger partial charge in [0.15, 0.2) is 5.79 Å². The zero-order valence-corrected chi connectivity index (χ0v) is 16.5. The van der Waals surface area contributed by atoms with Crippen LogP contribution in [-0.4, -0.2) is 20.0 Å². The fourth-order valence-corrected chi connectivity index (χ4v) is 2.99. The van der Waals surface area contributed by atoms with Crippen LogP contribution in [-0.2, 0) is 14.9 Å². The zero-order valence-electron chi connectivity index (χ0n) is 16.5. The minimum Gasteiger partial charge on any atom is -0.349 e. The second-order valence-corrected chi connectivity index (χ2v) is 8.75. The van der Waals surface area contributed by atoms with E-state index in [1.807, 2.05) is 0 Å². The summed E-state index contributed by atoms with van der Waals surface area (Å²) in [6.45, 7) is 13.4. The Morgan fingerprint density at radius 3 is 2.04 bits per heavy atom. The van der Waals surface area contributed by atoms with Crippen LogP contribution in [0.25, 0.3) is 5.57 Å². The lowest BCUT2D eigenvalue weighted by atomic mass is 9.77. The molecule has 0 heterocycles. The number of methoxy groups -OCH3 is 2. The molecule has 1 aromatic carbocycles. The summed E-state index contributed by atoms with van der Waals surface area (Å²) in [5, 5.41) is 0. The maximum absolute atomic E-state index is 5.76. The van der Waals surface area contributed by atoms with Gasteiger partial charge in [0, 0.05) is 20.6 Å². The fraction of sp³-hybridized carbons (Fsp3) is 0.545. The van der Waals surface area contributed by atoms with Gasteiger partial charge in [-0.05, 0) is 33.6 Å². The van der Waals surface area contributed by atoms with Gasteiger partial charge in [0.2, 0.25) is 0 Å². The van der Waals surface area contributed by atoms with Crippen molar-refractivity contribution in [3.63, 3.8) is 0 Å². The summed E-state index contributed by atoms with van der Waals surface area (Å²) in [4.78, 5) is 0. The first-order valence-corrected chi connectivity index (χ1v) is 8.66. The Balaban J connectivity index is 2.57. The van der Waals surface area contributed by atoms with E-state index in [2.05, 4.69) is 78.0 Å². The second kappa shape index (κ2) is 6.50. The molecular formula is C22H32O2. The molecule has 0 saturated carbocycles. The Labute approximate surface area is 147 Å². The molecule has 0 amide bonds. The van der Waals surface area contributed by atoms with Crippen LogP contribution in [0, 0.1) is 5.41 Å². The van der Waals surface area contributed by atoms with Crippen molar-refractivity contribution < 1.29 is 9.47 Å². The molecule has 2 rings (SSSR count). The molecule has 0 N–H and O–H groups in total. The van der Waals surface area contributed by atoms with E-state index in [0.29, 0.717) is 0 Å². The lowest BCUT2D eigenvalue weighted by Gasteiger charge is -2.37. The van der Waals surface area contributed by atoms with Crippen molar-refractivity contribution >= 4 is 5.57 Å². The number of hydrogen-bond acceptors (Lipinski definition) is 2. The Morgan fingerprint density at radius 1 is 0.917 bits per heavy atom. The van der Waals surface area contributed by atoms with Gasteiger partial charge in [0.1, 0.15) is 0 Å². The lowest BCUT2D eigenvalue weighted by molar-refractivity contribution is -0.170. The first-order chi connectivity index (χ1) is 11.0. The normalized spacial score (nSPS) is 18.2. The van der Waals surface area contributed by atoms with Crippen LogP contribution >= 0.6 is 0 Å². The van der Waals surface area contributed by atoms with E-state index in [1.165, 1.54) is 22.3 Å². The third-order valence-corrected chi connectivity index (χ3v) is 4.86. The minimum atomic E-state index is -0.690. The number of hydrogen-bond donors (Lipinski definition) is 0. The minimum absolute atomic E-state index is 0.0729. The molecule has 1 aromatic rings. The zero-order chi connectivity index (χ0) is 18.2. The summed E-state index contributed by atoms with van der Waals surface area (Å²) in [5.74, 6) is -0.690. The third kappa shape index (κ3) is 3.99. The third-order valence-electron chi connectivity index (χ3n) is 4.86. The van der Waals surface area contributed by atoms with E-state index in [4.69, 9.17) is 9.47 Å². The smallest absolute Gasteiger partial charge is 0.191 e. The molecule has 2 nitrogen and oxygen atoms in total. The van der Waals surface area contributed by atoms with Gasteiger partial charge in [0.25, 0.3) is 0 Å². The highest BCUT2D eigenvalue weighted by Crippen LogP contribution is 2.41. The molecule has 0 bridgehead atoms. The van der Waals surface area contributed by atoms with E-state index in [0.717, 1.165) is 6.42 Å². The van der Waals surface area contributed by atoms with Gasteiger partial charge in [-0.25, -0.2) is 0 Å². The molecule has 0 spiro atoms. The molecule has 0 aromatic heterocycles. The SMILES string of the molecule is COC1(OC)C=C(c2cccc(C(C)(C)C)c2)C=C(C(C)(C)C)C1. The Bertz CT molecular complexity index is 647. The van der Waals surface area contributed by atoms with Gasteiger partial charge in [0.05, 0.1) is 0 Å². The van der Waals surface area contributed by atoms with Crippen molar-refractivity contribution in [2.75, 3.05) is 14.2 Å². The predicted octanol–water partition coefficient (Wildman–Crippen LogP) is 5.73. The summed E-state index contributed by atoms with van der Waals surface area (Å²) in [5.41, 5.74) is 5.25. The number of allylic oxidation sites excluding steroid dienone is 2. The molecule has 0 saturated heterocycles. The van der Waals surface area contributed by atoms with E-state index < -0.39 is 5.79 Å². The van der Waals surface area contributed by atoms with Crippen LogP contribution in [0.2, 0.25) is 0 Å². The molecule has 0 aliphatic heterocycles. The van der Waals surface area contributed by atoms with Crippen molar-refractivity contribution in [2.24, 2.45) is 5.41 Å². The Hall–Kier alpha value is -1.38. The van der Waals surface area contributed by atoms with Crippen molar-refractivity contribution in [1.82, 2.24) is 0 Å². The maximum atomic E-state index is 5.76. The summed E-state index contributed by atoms with van der Waals surface area (Å²) in [6, 6.07) is 8.78. The lowest BCUT2D eigenvalue weighted by Crippen LogP contribution is -2.36. The largest absolute Gasteiger partial charge is 0.349 e. The number of benzene rings is 1. The van der Waals surface area contributed by atoms with Gasteiger partial charge >= 0.3 is 0 Å². The van der Waals surface area contributed by atoms with E-state index in [-0.39, 0.29) is 10.8 Å². The van der Waals surface area contributed by atoms with Gasteiger partial charge in [-0.1, -0.05) is 77.5 Å². The molecule has 132 valence electrons. The molecule has 1 aliphatic rings. The molecular weight excluding hydrogens is 296 g/mol. The van der Waals surface area contributed by atoms with Crippen LogP contribution in [0.4, 0.5) is 0 Å². The number of rotatable bonds is 3. The first kappa shape index (κ1) is 19.0. The summed E-state index contributed by atoms with van der Waals surface area (Å²) in [7, 11) is 3.43. The summed E-state index contributed by atoms with van der Waals surface area (Å²) in [6.07, 6.45) is 5.17.